The van der Waals surface area contributed by atoms with Gasteiger partial charge in [-0.15, -0.1) is 5.10 Å². The van der Waals surface area contributed by atoms with Crippen LogP contribution >= 0.6 is 0 Å². The number of rotatable bonds is 5. The number of hydrogen-bond donors (Lipinski definition) is 0. The van der Waals surface area contributed by atoms with Crippen molar-refractivity contribution < 1.29 is 9.53 Å². The van der Waals surface area contributed by atoms with E-state index in [2.05, 4.69) is 4.90 Å². The molecule has 0 saturated heterocycles. The molecule has 30 heavy (non-hydrogen) atoms. The van der Waals surface area contributed by atoms with Crippen LogP contribution in [0.1, 0.15) is 12.5 Å². The summed E-state index contributed by atoms with van der Waals surface area (Å²) < 4.78 is 4.96. The van der Waals surface area contributed by atoms with Crippen molar-refractivity contribution in [3.8, 4) is 0 Å². The number of hydrogen-bond acceptors (Lipinski definition) is 5. The highest BCUT2D eigenvalue weighted by Crippen LogP contribution is 2.34. The number of nitrogens with zero attached hydrogens (tertiary/aromatic N) is 3. The average molecular weight is 397 g/mol. The molecule has 1 aliphatic heterocycles. The fraction of sp³-hybridized carbons (Fsp3) is 0.120. The summed E-state index contributed by atoms with van der Waals surface area (Å²) in [5, 5.41) is 6.83. The monoisotopic (exact) mass is 397 g/mol. The second-order valence-electron chi connectivity index (χ2n) is 6.94. The lowest BCUT2D eigenvalue weighted by Gasteiger charge is -2.25. The van der Waals surface area contributed by atoms with Crippen molar-refractivity contribution in [2.45, 2.75) is 6.92 Å². The van der Waals surface area contributed by atoms with E-state index in [1.54, 1.807) is 0 Å². The molecule has 1 unspecified atom stereocenters. The van der Waals surface area contributed by atoms with Gasteiger partial charge in [-0.3, -0.25) is 9.69 Å². The van der Waals surface area contributed by atoms with Crippen molar-refractivity contribution in [2.24, 2.45) is 11.0 Å². The molecule has 0 radical (unpaired) electrons. The number of carbonyl (C=O) groups is 1. The third kappa shape index (κ3) is 3.82. The minimum Gasteiger partial charge on any atom is -0.469 e. The van der Waals surface area contributed by atoms with E-state index in [4.69, 9.17) is 9.84 Å². The van der Waals surface area contributed by atoms with Crippen molar-refractivity contribution in [1.82, 2.24) is 0 Å². The highest BCUT2D eigenvalue weighted by atomic mass is 16.5. The van der Waals surface area contributed by atoms with Gasteiger partial charge in [0.25, 0.3) is 0 Å². The molecule has 0 saturated carbocycles. The molecule has 0 bridgehead atoms. The SMILES string of the molecule is COC(=O)C(C)/C=C1\N(c2ccccc2)N=C(c2ccccc2)N1c1ccccc1. The lowest BCUT2D eigenvalue weighted by atomic mass is 10.1. The van der Waals surface area contributed by atoms with Crippen LogP contribution in [-0.2, 0) is 9.53 Å². The van der Waals surface area contributed by atoms with E-state index in [9.17, 15) is 4.79 Å². The van der Waals surface area contributed by atoms with E-state index < -0.39 is 5.92 Å². The summed E-state index contributed by atoms with van der Waals surface area (Å²) in [5.74, 6) is 0.836. The number of carbonyl (C=O) groups excluding carboxylic acids is 1. The first-order valence-corrected chi connectivity index (χ1v) is 9.83. The third-order valence-corrected chi connectivity index (χ3v) is 4.87. The Balaban J connectivity index is 1.90. The molecule has 3 aromatic carbocycles. The molecule has 1 atom stereocenters. The van der Waals surface area contributed by atoms with Gasteiger partial charge in [0.2, 0.25) is 0 Å². The van der Waals surface area contributed by atoms with Gasteiger partial charge in [0, 0.05) is 11.3 Å². The maximum atomic E-state index is 12.2. The number of esters is 1. The number of para-hydroxylation sites is 2. The molecule has 4 rings (SSSR count). The summed E-state index contributed by atoms with van der Waals surface area (Å²) in [6.07, 6.45) is 1.89. The lowest BCUT2D eigenvalue weighted by molar-refractivity contribution is -0.143. The van der Waals surface area contributed by atoms with E-state index in [0.717, 1.165) is 28.6 Å². The van der Waals surface area contributed by atoms with E-state index in [-0.39, 0.29) is 5.97 Å². The van der Waals surface area contributed by atoms with Crippen molar-refractivity contribution >= 4 is 23.2 Å². The van der Waals surface area contributed by atoms with Gasteiger partial charge < -0.3 is 4.74 Å². The highest BCUT2D eigenvalue weighted by molar-refractivity contribution is 6.14. The summed E-state index contributed by atoms with van der Waals surface area (Å²) in [6.45, 7) is 1.83. The van der Waals surface area contributed by atoms with E-state index in [1.165, 1.54) is 7.11 Å². The summed E-state index contributed by atoms with van der Waals surface area (Å²) in [4.78, 5) is 14.3. The molecular formula is C25H23N3O2. The number of ether oxygens (including phenoxy) is 1. The smallest absolute Gasteiger partial charge is 0.312 e. The Morgan fingerprint density at radius 1 is 0.867 bits per heavy atom. The molecule has 0 amide bonds. The second kappa shape index (κ2) is 8.66. The number of benzene rings is 3. The van der Waals surface area contributed by atoms with Crippen molar-refractivity contribution in [1.29, 1.82) is 0 Å². The van der Waals surface area contributed by atoms with Gasteiger partial charge in [-0.25, -0.2) is 5.01 Å². The zero-order valence-electron chi connectivity index (χ0n) is 17.0. The third-order valence-electron chi connectivity index (χ3n) is 4.87. The number of amidine groups is 1. The van der Waals surface area contributed by atoms with Crippen LogP contribution in [0.5, 0.6) is 0 Å². The van der Waals surface area contributed by atoms with Gasteiger partial charge >= 0.3 is 5.97 Å². The van der Waals surface area contributed by atoms with Gasteiger partial charge in [0.1, 0.15) is 5.82 Å². The standard InChI is InChI=1S/C25H23N3O2/c1-19(25(29)30-2)18-23-27(21-14-8-4-9-15-21)24(20-12-6-3-7-13-20)26-28(23)22-16-10-5-11-17-22/h3-19H,1-2H3/b23-18-. The van der Waals surface area contributed by atoms with Crippen LogP contribution in [0.2, 0.25) is 0 Å². The molecule has 0 fully saturated rings. The minimum atomic E-state index is -0.437. The van der Waals surface area contributed by atoms with Crippen LogP contribution in [0.15, 0.2) is 108 Å². The zero-order valence-corrected chi connectivity index (χ0v) is 17.0. The van der Waals surface area contributed by atoms with E-state index in [0.29, 0.717) is 0 Å². The number of hydrazone groups is 1. The maximum absolute atomic E-state index is 12.2. The van der Waals surface area contributed by atoms with Gasteiger partial charge in [-0.1, -0.05) is 66.7 Å². The molecule has 0 aromatic heterocycles. The Morgan fingerprint density at radius 2 is 1.40 bits per heavy atom. The highest BCUT2D eigenvalue weighted by Gasteiger charge is 2.33. The number of anilines is 2. The van der Waals surface area contributed by atoms with Crippen LogP contribution in [0.4, 0.5) is 11.4 Å². The Hall–Kier alpha value is -3.86. The Kier molecular flexibility index (Phi) is 5.61. The van der Waals surface area contributed by atoms with Crippen LogP contribution < -0.4 is 9.91 Å². The van der Waals surface area contributed by atoms with Gasteiger partial charge in [-0.2, -0.15) is 0 Å². The van der Waals surface area contributed by atoms with E-state index in [1.807, 2.05) is 109 Å². The lowest BCUT2D eigenvalue weighted by Crippen LogP contribution is -2.30. The van der Waals surface area contributed by atoms with Crippen molar-refractivity contribution in [3.63, 3.8) is 0 Å². The quantitative estimate of drug-likeness (QED) is 0.567. The topological polar surface area (TPSA) is 45.1 Å². The molecular weight excluding hydrogens is 374 g/mol. The summed E-state index contributed by atoms with van der Waals surface area (Å²) >= 11 is 0. The maximum Gasteiger partial charge on any atom is 0.312 e. The first-order chi connectivity index (χ1) is 14.7. The molecule has 0 N–H and O–H groups in total. The Bertz CT molecular complexity index is 1060. The molecule has 5 nitrogen and oxygen atoms in total. The zero-order chi connectivity index (χ0) is 20.9. The summed E-state index contributed by atoms with van der Waals surface area (Å²) in [6, 6.07) is 30.0. The predicted molar refractivity (Wildman–Crippen MR) is 120 cm³/mol. The molecule has 0 spiro atoms. The van der Waals surface area contributed by atoms with Crippen LogP contribution in [0, 0.1) is 5.92 Å². The van der Waals surface area contributed by atoms with Crippen LogP contribution in [0.3, 0.4) is 0 Å². The van der Waals surface area contributed by atoms with Gasteiger partial charge in [-0.05, 0) is 37.3 Å². The molecule has 150 valence electrons. The Labute approximate surface area is 176 Å². The van der Waals surface area contributed by atoms with Crippen molar-refractivity contribution in [3.05, 3.63) is 108 Å². The second-order valence-corrected chi connectivity index (χ2v) is 6.94. The molecule has 5 heteroatoms. The fourth-order valence-electron chi connectivity index (χ4n) is 3.38. The first kappa shape index (κ1) is 19.5. The molecule has 1 heterocycles. The normalized spacial score (nSPS) is 15.8. The van der Waals surface area contributed by atoms with Gasteiger partial charge in [0.05, 0.1) is 18.7 Å². The largest absolute Gasteiger partial charge is 0.469 e. The van der Waals surface area contributed by atoms with Crippen molar-refractivity contribution in [2.75, 3.05) is 17.0 Å². The Morgan fingerprint density at radius 3 is 1.97 bits per heavy atom. The van der Waals surface area contributed by atoms with Crippen LogP contribution in [0.25, 0.3) is 0 Å². The summed E-state index contributed by atoms with van der Waals surface area (Å²) in [7, 11) is 1.40. The average Bonchev–Trinajstić information content (AvgIpc) is 3.19. The van der Waals surface area contributed by atoms with E-state index >= 15 is 0 Å². The minimum absolute atomic E-state index is 0.295. The predicted octanol–water partition coefficient (Wildman–Crippen LogP) is 5.03. The molecule has 1 aliphatic rings. The molecule has 0 aliphatic carbocycles. The summed E-state index contributed by atoms with van der Waals surface area (Å²) in [5.41, 5.74) is 2.85. The number of methoxy groups -OCH3 is 1. The van der Waals surface area contributed by atoms with Crippen LogP contribution in [-0.4, -0.2) is 18.9 Å². The first-order valence-electron chi connectivity index (χ1n) is 9.83. The fourth-order valence-corrected chi connectivity index (χ4v) is 3.38. The molecule has 3 aromatic rings. The van der Waals surface area contributed by atoms with Gasteiger partial charge in [0.15, 0.2) is 5.84 Å².